The van der Waals surface area contributed by atoms with Gasteiger partial charge in [-0.15, -0.1) is 0 Å². The van der Waals surface area contributed by atoms with E-state index in [4.69, 9.17) is 11.6 Å². The van der Waals surface area contributed by atoms with E-state index in [0.717, 1.165) is 18.7 Å². The summed E-state index contributed by atoms with van der Waals surface area (Å²) in [6.45, 7) is 5.08. The van der Waals surface area contributed by atoms with Crippen LogP contribution in [0.1, 0.15) is 18.4 Å². The van der Waals surface area contributed by atoms with Gasteiger partial charge in [0.15, 0.2) is 0 Å². The molecule has 2 N–H and O–H groups in total. The van der Waals surface area contributed by atoms with Gasteiger partial charge in [0.2, 0.25) is 0 Å². The molecule has 3 nitrogen and oxygen atoms in total. The first kappa shape index (κ1) is 12.7. The second-order valence-electron chi connectivity index (χ2n) is 4.46. The predicted molar refractivity (Wildman–Crippen MR) is 70.5 cm³/mol. The average molecular weight is 255 g/mol. The lowest BCUT2D eigenvalue weighted by molar-refractivity contribution is 0.335. The van der Waals surface area contributed by atoms with E-state index in [2.05, 4.69) is 10.2 Å². The van der Waals surface area contributed by atoms with E-state index in [9.17, 15) is 5.11 Å². The topological polar surface area (TPSA) is 35.5 Å². The molecular formula is C13H19ClN2O. The van der Waals surface area contributed by atoms with Crippen molar-refractivity contribution in [2.45, 2.75) is 19.4 Å². The van der Waals surface area contributed by atoms with Crippen LogP contribution in [0.4, 0.5) is 0 Å². The molecular weight excluding hydrogens is 236 g/mol. The number of rotatable bonds is 5. The smallest absolute Gasteiger partial charge is 0.121 e. The number of likely N-dealkylation sites (tertiary alicyclic amines) is 1. The van der Waals surface area contributed by atoms with Crippen LogP contribution in [0.3, 0.4) is 0 Å². The molecule has 0 atom stereocenters. The van der Waals surface area contributed by atoms with Gasteiger partial charge >= 0.3 is 0 Å². The first-order valence-corrected chi connectivity index (χ1v) is 6.54. The van der Waals surface area contributed by atoms with Crippen molar-refractivity contribution in [1.29, 1.82) is 0 Å². The molecule has 0 saturated carbocycles. The Morgan fingerprint density at radius 2 is 2.06 bits per heavy atom. The summed E-state index contributed by atoms with van der Waals surface area (Å²) in [6.07, 6.45) is 2.65. The summed E-state index contributed by atoms with van der Waals surface area (Å²) in [4.78, 5) is 2.46. The molecule has 0 unspecified atom stereocenters. The van der Waals surface area contributed by atoms with Gasteiger partial charge in [-0.2, -0.15) is 0 Å². The zero-order chi connectivity index (χ0) is 12.1. The lowest BCUT2D eigenvalue weighted by Crippen LogP contribution is -2.29. The molecule has 0 aromatic heterocycles. The third kappa shape index (κ3) is 3.60. The number of phenolic OH excluding ortho intramolecular Hbond substituents is 1. The fraction of sp³-hybridized carbons (Fsp3) is 0.538. The normalized spacial score (nSPS) is 16.5. The average Bonchev–Trinajstić information content (AvgIpc) is 2.80. The lowest BCUT2D eigenvalue weighted by Gasteiger charge is -2.15. The summed E-state index contributed by atoms with van der Waals surface area (Å²) in [5.74, 6) is 0.270. The standard InChI is InChI=1S/C13H19ClN2O/c14-12-4-3-5-13(17)11(12)10-15-6-9-16-7-1-2-8-16/h3-5,15,17H,1-2,6-10H2. The van der Waals surface area contributed by atoms with Crippen molar-refractivity contribution < 1.29 is 5.11 Å². The minimum absolute atomic E-state index is 0.270. The molecule has 0 bridgehead atoms. The Labute approximate surface area is 107 Å². The molecule has 0 amide bonds. The highest BCUT2D eigenvalue weighted by Gasteiger charge is 2.10. The van der Waals surface area contributed by atoms with Crippen molar-refractivity contribution in [2.75, 3.05) is 26.2 Å². The van der Waals surface area contributed by atoms with E-state index >= 15 is 0 Å². The zero-order valence-electron chi connectivity index (χ0n) is 9.95. The van der Waals surface area contributed by atoms with E-state index in [0.29, 0.717) is 11.6 Å². The molecule has 0 radical (unpaired) electrons. The number of halogens is 1. The predicted octanol–water partition coefficient (Wildman–Crippen LogP) is 2.23. The van der Waals surface area contributed by atoms with Crippen LogP contribution in [0.15, 0.2) is 18.2 Å². The van der Waals surface area contributed by atoms with Gasteiger partial charge in [-0.1, -0.05) is 17.7 Å². The lowest BCUT2D eigenvalue weighted by atomic mass is 10.2. The third-order valence-corrected chi connectivity index (χ3v) is 3.55. The summed E-state index contributed by atoms with van der Waals surface area (Å²) in [7, 11) is 0. The fourth-order valence-corrected chi connectivity index (χ4v) is 2.42. The number of aromatic hydroxyl groups is 1. The summed E-state index contributed by atoms with van der Waals surface area (Å²) in [5, 5.41) is 13.6. The third-order valence-electron chi connectivity index (χ3n) is 3.20. The molecule has 0 spiro atoms. The number of hydrogen-bond acceptors (Lipinski definition) is 3. The Morgan fingerprint density at radius 3 is 2.76 bits per heavy atom. The molecule has 1 aliphatic heterocycles. The Morgan fingerprint density at radius 1 is 1.29 bits per heavy atom. The molecule has 1 saturated heterocycles. The van der Waals surface area contributed by atoms with Crippen LogP contribution in [-0.4, -0.2) is 36.2 Å². The highest BCUT2D eigenvalue weighted by molar-refractivity contribution is 6.31. The minimum atomic E-state index is 0.270. The molecule has 17 heavy (non-hydrogen) atoms. The molecule has 2 rings (SSSR count). The van der Waals surface area contributed by atoms with Gasteiger partial charge in [0, 0.05) is 30.2 Å². The van der Waals surface area contributed by atoms with Crippen molar-refractivity contribution >= 4 is 11.6 Å². The van der Waals surface area contributed by atoms with Crippen molar-refractivity contribution in [2.24, 2.45) is 0 Å². The summed E-state index contributed by atoms with van der Waals surface area (Å²) in [5.41, 5.74) is 0.788. The van der Waals surface area contributed by atoms with Crippen LogP contribution in [-0.2, 0) is 6.54 Å². The van der Waals surface area contributed by atoms with Crippen molar-refractivity contribution in [3.8, 4) is 5.75 Å². The van der Waals surface area contributed by atoms with Gasteiger partial charge < -0.3 is 15.3 Å². The van der Waals surface area contributed by atoms with Gasteiger partial charge in [-0.05, 0) is 38.1 Å². The number of nitrogens with zero attached hydrogens (tertiary/aromatic N) is 1. The SMILES string of the molecule is Oc1cccc(Cl)c1CNCCN1CCCC1. The second kappa shape index (κ2) is 6.24. The van der Waals surface area contributed by atoms with E-state index in [1.54, 1.807) is 18.2 Å². The largest absolute Gasteiger partial charge is 0.508 e. The number of benzene rings is 1. The van der Waals surface area contributed by atoms with Crippen molar-refractivity contribution in [3.63, 3.8) is 0 Å². The van der Waals surface area contributed by atoms with Gasteiger partial charge in [0.1, 0.15) is 5.75 Å². The summed E-state index contributed by atoms with van der Waals surface area (Å²) >= 11 is 6.03. The first-order valence-electron chi connectivity index (χ1n) is 6.17. The molecule has 1 aromatic carbocycles. The van der Waals surface area contributed by atoms with Gasteiger partial charge in [-0.25, -0.2) is 0 Å². The number of hydrogen-bond donors (Lipinski definition) is 2. The van der Waals surface area contributed by atoms with Crippen LogP contribution < -0.4 is 5.32 Å². The van der Waals surface area contributed by atoms with Gasteiger partial charge in [0.25, 0.3) is 0 Å². The molecule has 4 heteroatoms. The quantitative estimate of drug-likeness (QED) is 0.791. The highest BCUT2D eigenvalue weighted by atomic mass is 35.5. The van der Waals surface area contributed by atoms with Crippen molar-refractivity contribution in [3.05, 3.63) is 28.8 Å². The maximum atomic E-state index is 9.67. The highest BCUT2D eigenvalue weighted by Crippen LogP contribution is 2.24. The van der Waals surface area contributed by atoms with E-state index in [1.165, 1.54) is 25.9 Å². The van der Waals surface area contributed by atoms with Crippen LogP contribution in [0, 0.1) is 0 Å². The molecule has 0 aliphatic carbocycles. The summed E-state index contributed by atoms with van der Waals surface area (Å²) < 4.78 is 0. The first-order chi connectivity index (χ1) is 8.27. The molecule has 1 heterocycles. The van der Waals surface area contributed by atoms with E-state index in [1.807, 2.05) is 0 Å². The number of phenols is 1. The molecule has 94 valence electrons. The zero-order valence-corrected chi connectivity index (χ0v) is 10.7. The maximum absolute atomic E-state index is 9.67. The van der Waals surface area contributed by atoms with Crippen LogP contribution >= 0.6 is 11.6 Å². The van der Waals surface area contributed by atoms with E-state index < -0.39 is 0 Å². The minimum Gasteiger partial charge on any atom is -0.508 e. The second-order valence-corrected chi connectivity index (χ2v) is 4.87. The Balaban J connectivity index is 1.74. The Hall–Kier alpha value is -0.770. The van der Waals surface area contributed by atoms with Gasteiger partial charge in [-0.3, -0.25) is 0 Å². The van der Waals surface area contributed by atoms with Gasteiger partial charge in [0.05, 0.1) is 0 Å². The summed E-state index contributed by atoms with van der Waals surface area (Å²) in [6, 6.07) is 5.23. The van der Waals surface area contributed by atoms with Crippen LogP contribution in [0.25, 0.3) is 0 Å². The van der Waals surface area contributed by atoms with Crippen molar-refractivity contribution in [1.82, 2.24) is 10.2 Å². The molecule has 1 fully saturated rings. The Bertz CT molecular complexity index is 344. The van der Waals surface area contributed by atoms with Crippen LogP contribution in [0.5, 0.6) is 5.75 Å². The van der Waals surface area contributed by atoms with Crippen LogP contribution in [0.2, 0.25) is 5.02 Å². The van der Waals surface area contributed by atoms with E-state index in [-0.39, 0.29) is 5.75 Å². The monoisotopic (exact) mass is 254 g/mol. The molecule has 1 aromatic rings. The fourth-order valence-electron chi connectivity index (χ4n) is 2.18. The number of nitrogens with one attached hydrogen (secondary N) is 1. The Kier molecular flexibility index (Phi) is 4.66. The maximum Gasteiger partial charge on any atom is 0.121 e. The molecule has 1 aliphatic rings.